The number of allylic oxidation sites excluding steroid dienone is 2. The summed E-state index contributed by atoms with van der Waals surface area (Å²) in [5.74, 6) is -2.05. The van der Waals surface area contributed by atoms with Crippen LogP contribution in [0.4, 0.5) is 5.69 Å². The van der Waals surface area contributed by atoms with E-state index in [1.54, 1.807) is 43.3 Å². The fraction of sp³-hybridized carbons (Fsp3) is 0.143. The van der Waals surface area contributed by atoms with Gasteiger partial charge >= 0.3 is 6.98 Å². The van der Waals surface area contributed by atoms with Crippen LogP contribution in [-0.4, -0.2) is 35.4 Å². The molecule has 8 heteroatoms. The molecule has 148 valence electrons. The molecule has 29 heavy (non-hydrogen) atoms. The van der Waals surface area contributed by atoms with Crippen molar-refractivity contribution in [3.8, 4) is 0 Å². The molecule has 2 rings (SSSR count). The number of rotatable bonds is 6. The van der Waals surface area contributed by atoms with E-state index in [4.69, 9.17) is 0 Å². The van der Waals surface area contributed by atoms with Crippen LogP contribution >= 0.6 is 0 Å². The minimum atomic E-state index is -1.09. The summed E-state index contributed by atoms with van der Waals surface area (Å²) in [5, 5.41) is 5.29. The summed E-state index contributed by atoms with van der Waals surface area (Å²) in [7, 11) is 0. The van der Waals surface area contributed by atoms with Crippen molar-refractivity contribution >= 4 is 41.8 Å². The molecule has 0 saturated heterocycles. The first-order valence-corrected chi connectivity index (χ1v) is 9.03. The molecule has 0 aliphatic carbocycles. The normalized spacial score (nSPS) is 13.8. The van der Waals surface area contributed by atoms with Crippen molar-refractivity contribution in [2.24, 2.45) is 0 Å². The highest BCUT2D eigenvalue weighted by atomic mass is 16.2. The summed E-state index contributed by atoms with van der Waals surface area (Å²) >= 11 is 0. The smallest absolute Gasteiger partial charge is 0.372 e. The first kappa shape index (κ1) is 21.6. The average molecular weight is 391 g/mol. The molecule has 0 spiro atoms. The second-order valence-electron chi connectivity index (χ2n) is 6.40. The van der Waals surface area contributed by atoms with Crippen molar-refractivity contribution in [2.45, 2.75) is 19.8 Å². The summed E-state index contributed by atoms with van der Waals surface area (Å²) in [5.41, 5.74) is 1.19. The van der Waals surface area contributed by atoms with Gasteiger partial charge in [0, 0.05) is 11.3 Å². The molecule has 1 aliphatic rings. The maximum atomic E-state index is 12.7. The minimum absolute atomic E-state index is 0.326. The zero-order valence-corrected chi connectivity index (χ0v) is 16.2. The topological polar surface area (TPSA) is 95.6 Å². The van der Waals surface area contributed by atoms with Crippen LogP contribution in [0.1, 0.15) is 19.8 Å². The van der Waals surface area contributed by atoms with Gasteiger partial charge in [-0.2, -0.15) is 0 Å². The van der Waals surface area contributed by atoms with E-state index >= 15 is 0 Å². The van der Waals surface area contributed by atoms with Crippen molar-refractivity contribution in [1.29, 1.82) is 0 Å². The molecule has 4 amide bonds. The molecule has 1 aliphatic heterocycles. The number of carbonyl (C=O) groups is 4. The van der Waals surface area contributed by atoms with Crippen LogP contribution in [0.3, 0.4) is 0 Å². The molecule has 0 bridgehead atoms. The Labute approximate surface area is 170 Å². The van der Waals surface area contributed by atoms with E-state index in [1.807, 2.05) is 0 Å². The maximum absolute atomic E-state index is 12.7. The summed E-state index contributed by atoms with van der Waals surface area (Å²) in [6.45, 7) is 7.49. The third-order valence-corrected chi connectivity index (χ3v) is 4.07. The van der Waals surface area contributed by atoms with E-state index in [1.165, 1.54) is 12.2 Å². The van der Waals surface area contributed by atoms with E-state index < -0.39 is 24.7 Å². The fourth-order valence-corrected chi connectivity index (χ4v) is 2.60. The molecule has 1 aromatic carbocycles. The molecular weight excluding hydrogens is 369 g/mol. The lowest BCUT2D eigenvalue weighted by Gasteiger charge is -2.26. The van der Waals surface area contributed by atoms with Crippen LogP contribution < -0.4 is 16.0 Å². The number of amides is 4. The molecule has 1 aromatic rings. The van der Waals surface area contributed by atoms with Crippen molar-refractivity contribution in [3.63, 3.8) is 0 Å². The van der Waals surface area contributed by atoms with Gasteiger partial charge in [0.25, 0.3) is 5.91 Å². The van der Waals surface area contributed by atoms with Gasteiger partial charge in [-0.25, -0.2) is 0 Å². The lowest BCUT2D eigenvalue weighted by atomic mass is 9.65. The van der Waals surface area contributed by atoms with Gasteiger partial charge in [0.1, 0.15) is 0 Å². The number of hydrogen-bond donors (Lipinski definition) is 2. The van der Waals surface area contributed by atoms with Gasteiger partial charge in [0.15, 0.2) is 0 Å². The predicted octanol–water partition coefficient (Wildman–Crippen LogP) is 1.46. The largest absolute Gasteiger partial charge is 0.421 e. The van der Waals surface area contributed by atoms with E-state index in [-0.39, 0.29) is 5.91 Å². The average Bonchev–Trinajstić information content (AvgIpc) is 2.77. The van der Waals surface area contributed by atoms with E-state index in [2.05, 4.69) is 23.7 Å². The second-order valence-corrected chi connectivity index (χ2v) is 6.40. The summed E-state index contributed by atoms with van der Waals surface area (Å²) in [4.78, 5) is 50.3. The van der Waals surface area contributed by atoms with Crippen molar-refractivity contribution in [2.75, 3.05) is 5.32 Å². The molecule has 0 unspecified atom stereocenters. The third-order valence-electron chi connectivity index (χ3n) is 4.07. The van der Waals surface area contributed by atoms with Crippen LogP contribution in [0.2, 0.25) is 0 Å². The monoisotopic (exact) mass is 391 g/mol. The quantitative estimate of drug-likeness (QED) is 0.436. The Morgan fingerprint density at radius 1 is 1.14 bits per heavy atom. The number of carbonyl (C=O) groups excluding carboxylic acids is 4. The molecule has 7 nitrogen and oxygen atoms in total. The molecular formula is C21H22BN3O4. The molecule has 0 fully saturated rings. The molecule has 0 atom stereocenters. The first-order valence-electron chi connectivity index (χ1n) is 9.03. The molecule has 1 heterocycles. The van der Waals surface area contributed by atoms with Gasteiger partial charge in [0.2, 0.25) is 17.7 Å². The van der Waals surface area contributed by atoms with E-state index in [0.29, 0.717) is 29.6 Å². The Bertz CT molecular complexity index is 894. The lowest BCUT2D eigenvalue weighted by Crippen LogP contribution is -2.62. The predicted molar refractivity (Wildman–Crippen MR) is 113 cm³/mol. The van der Waals surface area contributed by atoms with Crippen molar-refractivity contribution in [1.82, 2.24) is 10.0 Å². The Morgan fingerprint density at radius 2 is 1.76 bits per heavy atom. The molecule has 0 aromatic heterocycles. The zero-order chi connectivity index (χ0) is 21.4. The number of benzene rings is 1. The minimum Gasteiger partial charge on any atom is -0.372 e. The molecule has 0 saturated carbocycles. The maximum Gasteiger partial charge on any atom is 0.421 e. The van der Waals surface area contributed by atoms with Gasteiger partial charge in [-0.3, -0.25) is 24.0 Å². The van der Waals surface area contributed by atoms with Crippen LogP contribution in [0, 0.1) is 0 Å². The highest BCUT2D eigenvalue weighted by Gasteiger charge is 2.35. The van der Waals surface area contributed by atoms with Crippen LogP contribution in [0.5, 0.6) is 0 Å². The third kappa shape index (κ3) is 5.90. The Hall–Kier alpha value is -3.68. The van der Waals surface area contributed by atoms with Gasteiger partial charge in [-0.1, -0.05) is 37.4 Å². The second kappa shape index (κ2) is 10.0. The molecule has 0 radical (unpaired) electrons. The van der Waals surface area contributed by atoms with Crippen molar-refractivity contribution in [3.05, 3.63) is 73.4 Å². The van der Waals surface area contributed by atoms with Crippen molar-refractivity contribution < 1.29 is 19.2 Å². The Kier molecular flexibility index (Phi) is 7.48. The fourth-order valence-electron chi connectivity index (χ4n) is 2.60. The van der Waals surface area contributed by atoms with Gasteiger partial charge in [-0.15, -0.1) is 0 Å². The summed E-state index contributed by atoms with van der Waals surface area (Å²) < 4.78 is 0. The Morgan fingerprint density at radius 3 is 2.31 bits per heavy atom. The van der Waals surface area contributed by atoms with Gasteiger partial charge in [0.05, 0.1) is 0 Å². The highest BCUT2D eigenvalue weighted by molar-refractivity contribution is 6.75. The van der Waals surface area contributed by atoms with Crippen LogP contribution in [0.25, 0.3) is 0 Å². The van der Waals surface area contributed by atoms with Crippen LogP contribution in [-0.2, 0) is 19.2 Å². The lowest BCUT2D eigenvalue weighted by molar-refractivity contribution is -0.133. The number of nitrogens with zero attached hydrogens (tertiary/aromatic N) is 1. The molecule has 2 N–H and O–H groups in total. The van der Waals surface area contributed by atoms with Gasteiger partial charge in [-0.05, 0) is 55.6 Å². The summed E-state index contributed by atoms with van der Waals surface area (Å²) in [6, 6.07) is 6.52. The van der Waals surface area contributed by atoms with Gasteiger partial charge < -0.3 is 10.5 Å². The highest BCUT2D eigenvalue weighted by Crippen LogP contribution is 2.10. The zero-order valence-electron chi connectivity index (χ0n) is 16.2. The SMILES string of the molecule is C=CC(=O)NB(c1cccc(NC(=O)C(=C)C)c1)N1C(=O)C=CCCC=CC1=O. The first-order chi connectivity index (χ1) is 13.8. The number of nitrogens with one attached hydrogen (secondary N) is 2. The van der Waals surface area contributed by atoms with Crippen LogP contribution in [0.15, 0.2) is 73.4 Å². The number of hydrogen-bond acceptors (Lipinski definition) is 4. The van der Waals surface area contributed by atoms with E-state index in [0.717, 1.165) is 10.9 Å². The standard InChI is InChI=1S/C21H22BN3O4/c1-4-18(26)24-22(25-19(27)12-7-5-6-8-13-20(25)28)16-10-9-11-17(14-16)23-21(29)15(2)3/h4,7-14H,1-2,5-6H2,3H3,(H,23,29)(H,24,26). The number of anilines is 1. The Balaban J connectivity index is 2.49. The number of imide groups is 1. The van der Waals surface area contributed by atoms with E-state index in [9.17, 15) is 19.2 Å². The summed E-state index contributed by atoms with van der Waals surface area (Å²) in [6.07, 6.45) is 8.26.